The van der Waals surface area contributed by atoms with Gasteiger partial charge in [-0.25, -0.2) is 0 Å². The molecule has 0 fully saturated rings. The molecule has 1 atom stereocenters. The topological polar surface area (TPSA) is 87.5 Å². The molecule has 0 spiro atoms. The van der Waals surface area contributed by atoms with Gasteiger partial charge in [-0.1, -0.05) is 36.0 Å². The predicted molar refractivity (Wildman–Crippen MR) is 125 cm³/mol. The Morgan fingerprint density at radius 3 is 2.59 bits per heavy atom. The Bertz CT molecular complexity index is 1060. The summed E-state index contributed by atoms with van der Waals surface area (Å²) in [4.78, 5) is 12.5. The number of allylic oxidation sites excluding steroid dienone is 1. The molecule has 8 nitrogen and oxygen atoms in total. The molecule has 0 saturated carbocycles. The van der Waals surface area contributed by atoms with Gasteiger partial charge < -0.3 is 19.5 Å². The lowest BCUT2D eigenvalue weighted by Crippen LogP contribution is -2.15. The molecule has 32 heavy (non-hydrogen) atoms. The Morgan fingerprint density at radius 1 is 1.16 bits per heavy atom. The number of anilines is 1. The standard InChI is InChI=1S/C23H26N4O4S/c1-5-13-27-22(16(2)31-18-9-7-6-8-10-18)25-26-23(27)32-15-21(28)24-17-11-12-19(29-3)20(14-17)30-4/h5-12,14,16H,1,13,15H2,2-4H3,(H,24,28)/t16-/m0/s1. The van der Waals surface area contributed by atoms with Crippen molar-refractivity contribution in [2.75, 3.05) is 25.3 Å². The third-order valence-corrected chi connectivity index (χ3v) is 5.44. The number of thioether (sulfide) groups is 1. The van der Waals surface area contributed by atoms with Crippen LogP contribution in [0.25, 0.3) is 0 Å². The number of amides is 1. The second-order valence-electron chi connectivity index (χ2n) is 6.72. The number of benzene rings is 2. The number of para-hydroxylation sites is 1. The molecule has 3 aromatic rings. The zero-order chi connectivity index (χ0) is 22.9. The Balaban J connectivity index is 1.65. The van der Waals surface area contributed by atoms with Crippen molar-refractivity contribution in [3.8, 4) is 17.2 Å². The lowest BCUT2D eigenvalue weighted by Gasteiger charge is -2.15. The lowest BCUT2D eigenvalue weighted by molar-refractivity contribution is -0.113. The van der Waals surface area contributed by atoms with Crippen molar-refractivity contribution in [2.45, 2.75) is 24.7 Å². The molecule has 1 amide bonds. The molecule has 2 aromatic carbocycles. The number of methoxy groups -OCH3 is 2. The third-order valence-electron chi connectivity index (χ3n) is 4.48. The molecule has 0 bridgehead atoms. The fraction of sp³-hybridized carbons (Fsp3) is 0.261. The summed E-state index contributed by atoms with van der Waals surface area (Å²) in [5.74, 6) is 2.54. The number of hydrogen-bond acceptors (Lipinski definition) is 7. The van der Waals surface area contributed by atoms with Crippen LogP contribution in [0.4, 0.5) is 5.69 Å². The first-order valence-electron chi connectivity index (χ1n) is 9.96. The van der Waals surface area contributed by atoms with Crippen LogP contribution in [-0.4, -0.2) is 40.6 Å². The maximum absolute atomic E-state index is 12.5. The molecule has 0 aliphatic rings. The monoisotopic (exact) mass is 454 g/mol. The van der Waals surface area contributed by atoms with Crippen LogP contribution < -0.4 is 19.5 Å². The first kappa shape index (κ1) is 23.2. The van der Waals surface area contributed by atoms with E-state index in [1.165, 1.54) is 11.8 Å². The molecule has 3 rings (SSSR count). The Hall–Kier alpha value is -3.46. The maximum Gasteiger partial charge on any atom is 0.234 e. The van der Waals surface area contributed by atoms with Gasteiger partial charge in [0.15, 0.2) is 28.6 Å². The zero-order valence-electron chi connectivity index (χ0n) is 18.3. The smallest absolute Gasteiger partial charge is 0.234 e. The van der Waals surface area contributed by atoms with Crippen LogP contribution in [0.2, 0.25) is 0 Å². The largest absolute Gasteiger partial charge is 0.493 e. The van der Waals surface area contributed by atoms with E-state index in [4.69, 9.17) is 14.2 Å². The minimum Gasteiger partial charge on any atom is -0.493 e. The first-order valence-corrected chi connectivity index (χ1v) is 10.9. The number of hydrogen-bond donors (Lipinski definition) is 1. The zero-order valence-corrected chi connectivity index (χ0v) is 19.1. The van der Waals surface area contributed by atoms with Gasteiger partial charge in [-0.3, -0.25) is 9.36 Å². The van der Waals surface area contributed by atoms with Crippen molar-refractivity contribution in [3.63, 3.8) is 0 Å². The molecule has 0 aliphatic carbocycles. The van der Waals surface area contributed by atoms with Gasteiger partial charge in [0.25, 0.3) is 0 Å². The van der Waals surface area contributed by atoms with Gasteiger partial charge in [0.2, 0.25) is 5.91 Å². The second-order valence-corrected chi connectivity index (χ2v) is 7.66. The third kappa shape index (κ3) is 5.82. The quantitative estimate of drug-likeness (QED) is 0.340. The van der Waals surface area contributed by atoms with Gasteiger partial charge >= 0.3 is 0 Å². The summed E-state index contributed by atoms with van der Waals surface area (Å²) in [5.41, 5.74) is 0.617. The van der Waals surface area contributed by atoms with E-state index in [1.54, 1.807) is 38.5 Å². The van der Waals surface area contributed by atoms with E-state index < -0.39 is 0 Å². The summed E-state index contributed by atoms with van der Waals surface area (Å²) in [6.45, 7) is 6.23. The van der Waals surface area contributed by atoms with Gasteiger partial charge in [-0.2, -0.15) is 0 Å². The maximum atomic E-state index is 12.5. The van der Waals surface area contributed by atoms with Crippen molar-refractivity contribution in [1.82, 2.24) is 14.8 Å². The van der Waals surface area contributed by atoms with E-state index >= 15 is 0 Å². The van der Waals surface area contributed by atoms with Gasteiger partial charge in [0.1, 0.15) is 5.75 Å². The normalized spacial score (nSPS) is 11.5. The van der Waals surface area contributed by atoms with Crippen LogP contribution >= 0.6 is 11.8 Å². The highest BCUT2D eigenvalue weighted by Gasteiger charge is 2.20. The fourth-order valence-corrected chi connectivity index (χ4v) is 3.76. The predicted octanol–water partition coefficient (Wildman–Crippen LogP) is 4.35. The van der Waals surface area contributed by atoms with Crippen LogP contribution in [0.1, 0.15) is 18.9 Å². The molecule has 168 valence electrons. The minimum absolute atomic E-state index is 0.164. The molecule has 0 aliphatic heterocycles. The molecular weight excluding hydrogens is 428 g/mol. The Kier molecular flexibility index (Phi) is 8.15. The van der Waals surface area contributed by atoms with Gasteiger partial charge in [0.05, 0.1) is 20.0 Å². The molecule has 0 radical (unpaired) electrons. The van der Waals surface area contributed by atoms with Crippen molar-refractivity contribution < 1.29 is 19.0 Å². The van der Waals surface area contributed by atoms with Crippen molar-refractivity contribution in [1.29, 1.82) is 0 Å². The van der Waals surface area contributed by atoms with E-state index in [0.717, 1.165) is 5.75 Å². The van der Waals surface area contributed by atoms with Gasteiger partial charge in [0, 0.05) is 18.3 Å². The van der Waals surface area contributed by atoms with Gasteiger partial charge in [-0.05, 0) is 31.2 Å². The molecular formula is C23H26N4O4S. The average Bonchev–Trinajstić information content (AvgIpc) is 3.21. The highest BCUT2D eigenvalue weighted by atomic mass is 32.2. The van der Waals surface area contributed by atoms with E-state index in [2.05, 4.69) is 22.1 Å². The number of nitrogens with one attached hydrogen (secondary N) is 1. The molecule has 1 heterocycles. The van der Waals surface area contributed by atoms with E-state index in [1.807, 2.05) is 41.8 Å². The fourth-order valence-electron chi connectivity index (χ4n) is 3.01. The molecule has 1 aromatic heterocycles. The Morgan fingerprint density at radius 2 is 1.91 bits per heavy atom. The van der Waals surface area contributed by atoms with Gasteiger partial charge in [-0.15, -0.1) is 16.8 Å². The van der Waals surface area contributed by atoms with Crippen LogP contribution in [-0.2, 0) is 11.3 Å². The number of carbonyl (C=O) groups excluding carboxylic acids is 1. The van der Waals surface area contributed by atoms with E-state index in [0.29, 0.717) is 34.7 Å². The molecule has 9 heteroatoms. The number of carbonyl (C=O) groups is 1. The highest BCUT2D eigenvalue weighted by Crippen LogP contribution is 2.30. The summed E-state index contributed by atoms with van der Waals surface area (Å²) in [6, 6.07) is 14.7. The minimum atomic E-state index is -0.320. The number of rotatable bonds is 11. The SMILES string of the molecule is C=CCn1c(SCC(=O)Nc2ccc(OC)c(OC)c2)nnc1[C@H](C)Oc1ccccc1. The van der Waals surface area contributed by atoms with Crippen molar-refractivity contribution >= 4 is 23.4 Å². The van der Waals surface area contributed by atoms with Crippen LogP contribution in [0, 0.1) is 0 Å². The summed E-state index contributed by atoms with van der Waals surface area (Å²) in [7, 11) is 3.11. The van der Waals surface area contributed by atoms with Crippen LogP contribution in [0.5, 0.6) is 17.2 Å². The van der Waals surface area contributed by atoms with E-state index in [9.17, 15) is 4.79 Å². The molecule has 0 unspecified atom stereocenters. The summed E-state index contributed by atoms with van der Waals surface area (Å²) >= 11 is 1.29. The van der Waals surface area contributed by atoms with Crippen LogP contribution in [0.15, 0.2) is 66.3 Å². The number of aromatic nitrogens is 3. The number of nitrogens with zero attached hydrogens (tertiary/aromatic N) is 3. The van der Waals surface area contributed by atoms with E-state index in [-0.39, 0.29) is 17.8 Å². The summed E-state index contributed by atoms with van der Waals surface area (Å²) in [6.07, 6.45) is 1.44. The van der Waals surface area contributed by atoms with Crippen LogP contribution in [0.3, 0.4) is 0 Å². The number of ether oxygens (including phenoxy) is 3. The lowest BCUT2D eigenvalue weighted by atomic mass is 10.2. The van der Waals surface area contributed by atoms with Crippen molar-refractivity contribution in [2.24, 2.45) is 0 Å². The summed E-state index contributed by atoms with van der Waals surface area (Å²) < 4.78 is 18.4. The van der Waals surface area contributed by atoms with Crippen molar-refractivity contribution in [3.05, 3.63) is 67.0 Å². The summed E-state index contributed by atoms with van der Waals surface area (Å²) in [5, 5.41) is 12.0. The second kappa shape index (κ2) is 11.2. The highest BCUT2D eigenvalue weighted by molar-refractivity contribution is 7.99. The average molecular weight is 455 g/mol. The molecule has 0 saturated heterocycles. The Labute approximate surface area is 191 Å². The molecule has 1 N–H and O–H groups in total. The first-order chi connectivity index (χ1) is 15.5.